The van der Waals surface area contributed by atoms with E-state index in [1.165, 1.54) is 6.07 Å². The topological polar surface area (TPSA) is 186 Å². The van der Waals surface area contributed by atoms with Gasteiger partial charge in [-0.1, -0.05) is 30.3 Å². The van der Waals surface area contributed by atoms with Crippen LogP contribution >= 0.6 is 11.6 Å². The number of aromatic amines is 1. The second-order valence-corrected chi connectivity index (χ2v) is 13.4. The molecule has 7 N–H and O–H groups in total. The van der Waals surface area contributed by atoms with Gasteiger partial charge in [0.2, 0.25) is 27.1 Å². The summed E-state index contributed by atoms with van der Waals surface area (Å²) in [7, 11) is -3.80. The van der Waals surface area contributed by atoms with E-state index in [1.807, 2.05) is 31.2 Å². The molecule has 1 aliphatic rings. The lowest BCUT2D eigenvalue weighted by Crippen LogP contribution is -2.48. The number of anilines is 1. The average molecular weight is 650 g/mol. The number of nitrogens with zero attached hydrogens (tertiary/aromatic N) is 2. The number of primary sulfonamides is 1. The van der Waals surface area contributed by atoms with Crippen molar-refractivity contribution in [2.75, 3.05) is 11.9 Å². The lowest BCUT2D eigenvalue weighted by Gasteiger charge is -2.28. The number of aromatic nitrogens is 3. The summed E-state index contributed by atoms with van der Waals surface area (Å²) >= 11 is 5.84. The summed E-state index contributed by atoms with van der Waals surface area (Å²) in [6.07, 6.45) is 3.55. The van der Waals surface area contributed by atoms with Crippen LogP contribution in [0.15, 0.2) is 71.6 Å². The first-order valence-electron chi connectivity index (χ1n) is 14.7. The van der Waals surface area contributed by atoms with Gasteiger partial charge >= 0.3 is 0 Å². The average Bonchev–Trinajstić information content (AvgIpc) is 3.47. The van der Waals surface area contributed by atoms with Gasteiger partial charge in [0.25, 0.3) is 0 Å². The fourth-order valence-electron chi connectivity index (χ4n) is 5.66. The number of nitrogens with one attached hydrogen (secondary N) is 3. The number of nitrogens with two attached hydrogens (primary N) is 2. The summed E-state index contributed by atoms with van der Waals surface area (Å²) in [5.74, 6) is 0.227. The normalized spacial score (nSPS) is 17.4. The summed E-state index contributed by atoms with van der Waals surface area (Å²) in [6.45, 7) is 2.44. The third-order valence-electron chi connectivity index (χ3n) is 8.28. The standard InChI is InChI=1S/C32H36ClN7O4S/c1-19-16-26(45(35,43)44)14-15-27(19)22-6-2-20(3-7-22)17-28(37-30(41)24-8-4-21(18-34)5-9-24)31(42)36-25-12-10-23(11-13-25)29-38-32(33)40-39-29/h2-3,6-7,10-16,21,24,28H,4-5,8-9,17-18,34H2,1H3,(H,36,42)(H,37,41)(H2,35,43,44)(H,38,39,40). The highest BCUT2D eigenvalue weighted by atomic mass is 35.5. The first-order valence-corrected chi connectivity index (χ1v) is 16.6. The first-order chi connectivity index (χ1) is 21.5. The van der Waals surface area contributed by atoms with E-state index in [-0.39, 0.29) is 34.3 Å². The predicted molar refractivity (Wildman–Crippen MR) is 174 cm³/mol. The number of rotatable bonds is 10. The van der Waals surface area contributed by atoms with Crippen molar-refractivity contribution >= 4 is 39.1 Å². The van der Waals surface area contributed by atoms with Gasteiger partial charge in [0.15, 0.2) is 5.82 Å². The summed E-state index contributed by atoms with van der Waals surface area (Å²) in [4.78, 5) is 31.1. The number of hydrogen-bond acceptors (Lipinski definition) is 7. The Bertz CT molecular complexity index is 1770. The minimum atomic E-state index is -3.80. The van der Waals surface area contributed by atoms with Crippen LogP contribution in [0.2, 0.25) is 5.28 Å². The number of aryl methyl sites for hydroxylation is 1. The molecule has 1 saturated carbocycles. The van der Waals surface area contributed by atoms with E-state index in [4.69, 9.17) is 22.5 Å². The summed E-state index contributed by atoms with van der Waals surface area (Å²) < 4.78 is 23.5. The number of carbonyl (C=O) groups excluding carboxylic acids is 2. The monoisotopic (exact) mass is 649 g/mol. The van der Waals surface area contributed by atoms with Crippen molar-refractivity contribution in [3.8, 4) is 22.5 Å². The molecule has 1 unspecified atom stereocenters. The lowest BCUT2D eigenvalue weighted by molar-refractivity contribution is -0.130. The van der Waals surface area contributed by atoms with Crippen LogP contribution in [0.4, 0.5) is 5.69 Å². The molecule has 5 rings (SSSR count). The third kappa shape index (κ3) is 8.14. The molecule has 236 valence electrons. The SMILES string of the molecule is Cc1cc(S(N)(=O)=O)ccc1-c1ccc(CC(NC(=O)C2CCC(CN)CC2)C(=O)Nc2ccc(-c3n[nH]c(Cl)n3)cc2)cc1. The van der Waals surface area contributed by atoms with Crippen molar-refractivity contribution < 1.29 is 18.0 Å². The minimum absolute atomic E-state index is 0.0540. The van der Waals surface area contributed by atoms with Gasteiger partial charge in [-0.15, -0.1) is 0 Å². The molecule has 1 fully saturated rings. The first kappa shape index (κ1) is 32.3. The Balaban J connectivity index is 1.32. The lowest BCUT2D eigenvalue weighted by atomic mass is 9.81. The molecule has 4 aromatic rings. The zero-order valence-electron chi connectivity index (χ0n) is 24.8. The molecule has 11 nitrogen and oxygen atoms in total. The van der Waals surface area contributed by atoms with E-state index in [9.17, 15) is 18.0 Å². The Morgan fingerprint density at radius 1 is 1.00 bits per heavy atom. The molecule has 3 aromatic carbocycles. The minimum Gasteiger partial charge on any atom is -0.344 e. The predicted octanol–water partition coefficient (Wildman–Crippen LogP) is 4.18. The number of benzene rings is 3. The maximum absolute atomic E-state index is 13.6. The van der Waals surface area contributed by atoms with Crippen LogP contribution in [-0.4, -0.2) is 48.0 Å². The zero-order valence-corrected chi connectivity index (χ0v) is 26.4. The molecule has 45 heavy (non-hydrogen) atoms. The molecule has 1 aromatic heterocycles. The highest BCUT2D eigenvalue weighted by Gasteiger charge is 2.29. The van der Waals surface area contributed by atoms with E-state index in [0.717, 1.165) is 53.5 Å². The van der Waals surface area contributed by atoms with Crippen molar-refractivity contribution in [3.63, 3.8) is 0 Å². The van der Waals surface area contributed by atoms with Gasteiger partial charge < -0.3 is 16.4 Å². The van der Waals surface area contributed by atoms with Crippen LogP contribution in [-0.2, 0) is 26.0 Å². The number of halogens is 1. The Morgan fingerprint density at radius 3 is 2.24 bits per heavy atom. The molecular formula is C32H36ClN7O4S. The van der Waals surface area contributed by atoms with E-state index >= 15 is 0 Å². The molecule has 1 aliphatic carbocycles. The molecule has 13 heteroatoms. The highest BCUT2D eigenvalue weighted by molar-refractivity contribution is 7.89. The van der Waals surface area contributed by atoms with Crippen molar-refractivity contribution in [1.29, 1.82) is 0 Å². The molecule has 1 atom stereocenters. The van der Waals surface area contributed by atoms with E-state index in [0.29, 0.717) is 24.0 Å². The maximum atomic E-state index is 13.6. The smallest absolute Gasteiger partial charge is 0.247 e. The zero-order chi connectivity index (χ0) is 32.1. The fourth-order valence-corrected chi connectivity index (χ4v) is 6.38. The molecule has 0 spiro atoms. The van der Waals surface area contributed by atoms with Gasteiger partial charge in [0.1, 0.15) is 6.04 Å². The number of carbonyl (C=O) groups is 2. The highest BCUT2D eigenvalue weighted by Crippen LogP contribution is 2.29. The fraction of sp³-hybridized carbons (Fsp3) is 0.312. The molecule has 2 amide bonds. The molecule has 0 aliphatic heterocycles. The Labute approximate surface area is 267 Å². The van der Waals surface area contributed by atoms with Crippen LogP contribution in [0.3, 0.4) is 0 Å². The van der Waals surface area contributed by atoms with E-state index in [2.05, 4.69) is 25.8 Å². The van der Waals surface area contributed by atoms with E-state index < -0.39 is 16.1 Å². The quantitative estimate of drug-likeness (QED) is 0.170. The van der Waals surface area contributed by atoms with Gasteiger partial charge in [-0.25, -0.2) is 18.7 Å². The Hall–Kier alpha value is -4.10. The van der Waals surface area contributed by atoms with Crippen LogP contribution in [0, 0.1) is 18.8 Å². The van der Waals surface area contributed by atoms with Gasteiger partial charge in [0, 0.05) is 23.6 Å². The second-order valence-electron chi connectivity index (χ2n) is 11.5. The van der Waals surface area contributed by atoms with Crippen molar-refractivity contribution in [2.24, 2.45) is 22.7 Å². The maximum Gasteiger partial charge on any atom is 0.247 e. The van der Waals surface area contributed by atoms with Gasteiger partial charge in [-0.05, 0) is 115 Å². The van der Waals surface area contributed by atoms with Crippen LogP contribution in [0.25, 0.3) is 22.5 Å². The van der Waals surface area contributed by atoms with E-state index in [1.54, 1.807) is 36.4 Å². The third-order valence-corrected chi connectivity index (χ3v) is 9.36. The van der Waals surface area contributed by atoms with Gasteiger partial charge in [0.05, 0.1) is 4.90 Å². The molecular weight excluding hydrogens is 614 g/mol. The number of H-pyrrole nitrogens is 1. The summed E-state index contributed by atoms with van der Waals surface area (Å²) in [6, 6.07) is 18.6. The number of amides is 2. The van der Waals surface area contributed by atoms with Crippen LogP contribution in [0.5, 0.6) is 0 Å². The Morgan fingerprint density at radius 2 is 1.67 bits per heavy atom. The van der Waals surface area contributed by atoms with Gasteiger partial charge in [-0.3, -0.25) is 9.59 Å². The van der Waals surface area contributed by atoms with Crippen LogP contribution in [0.1, 0.15) is 36.8 Å². The molecule has 0 saturated heterocycles. The Kier molecular flexibility index (Phi) is 9.98. The second kappa shape index (κ2) is 13.9. The molecule has 0 bridgehead atoms. The van der Waals surface area contributed by atoms with Gasteiger partial charge in [-0.2, -0.15) is 10.1 Å². The number of hydrogen-bond donors (Lipinski definition) is 5. The molecule has 1 heterocycles. The molecule has 0 radical (unpaired) electrons. The largest absolute Gasteiger partial charge is 0.344 e. The summed E-state index contributed by atoms with van der Waals surface area (Å²) in [5.41, 5.74) is 10.5. The van der Waals surface area contributed by atoms with Crippen molar-refractivity contribution in [2.45, 2.75) is 50.0 Å². The van der Waals surface area contributed by atoms with Crippen molar-refractivity contribution in [3.05, 3.63) is 83.1 Å². The van der Waals surface area contributed by atoms with Crippen molar-refractivity contribution in [1.82, 2.24) is 20.5 Å². The summed E-state index contributed by atoms with van der Waals surface area (Å²) in [5, 5.41) is 18.0. The number of sulfonamides is 1. The van der Waals surface area contributed by atoms with Crippen LogP contribution < -0.4 is 21.5 Å².